The van der Waals surface area contributed by atoms with E-state index < -0.39 is 14.9 Å². The largest absolute Gasteiger partial charge is 0.272 e. The van der Waals surface area contributed by atoms with Gasteiger partial charge in [0, 0.05) is 25.7 Å². The Morgan fingerprint density at radius 2 is 2.05 bits per heavy atom. The molecule has 0 heterocycles. The summed E-state index contributed by atoms with van der Waals surface area (Å²) in [7, 11) is -0.269. The maximum atomic E-state index is 11.8. The number of nitro benzene ring substituents is 1. The zero-order chi connectivity index (χ0) is 14.2. The quantitative estimate of drug-likeness (QED) is 0.614. The summed E-state index contributed by atoms with van der Waals surface area (Å²) in [4.78, 5) is 10.5. The fourth-order valence-corrected chi connectivity index (χ4v) is 3.59. The summed E-state index contributed by atoms with van der Waals surface area (Å²) in [5, 5.41) is 10.9. The zero-order valence-electron chi connectivity index (χ0n) is 10.9. The van der Waals surface area contributed by atoms with E-state index in [1.54, 1.807) is 6.07 Å². The van der Waals surface area contributed by atoms with Crippen LogP contribution in [0.15, 0.2) is 18.2 Å². The smallest absolute Gasteiger partial charge is 0.258 e. The first-order valence-corrected chi connectivity index (χ1v) is 7.57. The lowest BCUT2D eigenvalue weighted by molar-refractivity contribution is -0.385. The van der Waals surface area contributed by atoms with Gasteiger partial charge in [-0.3, -0.25) is 10.1 Å². The molecule has 0 fully saturated rings. The van der Waals surface area contributed by atoms with E-state index >= 15 is 0 Å². The molecule has 0 bridgehead atoms. The third-order valence-electron chi connectivity index (χ3n) is 3.45. The summed E-state index contributed by atoms with van der Waals surface area (Å²) in [6, 6.07) is 4.96. The fourth-order valence-electron chi connectivity index (χ4n) is 2.46. The van der Waals surface area contributed by atoms with Crippen molar-refractivity contribution in [2.45, 2.75) is 12.8 Å². The maximum absolute atomic E-state index is 11.8. The lowest BCUT2D eigenvalue weighted by Crippen LogP contribution is -2.29. The van der Waals surface area contributed by atoms with E-state index in [9.17, 15) is 18.5 Å². The number of sulfonamides is 1. The lowest BCUT2D eigenvalue weighted by atomic mass is 10.1. The van der Waals surface area contributed by atoms with Gasteiger partial charge < -0.3 is 0 Å². The third-order valence-corrected chi connectivity index (χ3v) is 5.45. The van der Waals surface area contributed by atoms with Crippen LogP contribution in [-0.2, 0) is 22.9 Å². The van der Waals surface area contributed by atoms with Crippen molar-refractivity contribution in [1.82, 2.24) is 4.31 Å². The van der Waals surface area contributed by atoms with E-state index in [4.69, 9.17) is 0 Å². The molecule has 0 spiro atoms. The molecule has 0 N–H and O–H groups in total. The molecule has 1 aromatic rings. The van der Waals surface area contributed by atoms with Crippen LogP contribution < -0.4 is 0 Å². The van der Waals surface area contributed by atoms with Crippen molar-refractivity contribution in [3.05, 3.63) is 39.4 Å². The van der Waals surface area contributed by atoms with Gasteiger partial charge in [0.2, 0.25) is 10.0 Å². The van der Waals surface area contributed by atoms with Crippen molar-refractivity contribution in [3.8, 4) is 0 Å². The van der Waals surface area contributed by atoms with Gasteiger partial charge in [-0.2, -0.15) is 0 Å². The molecule has 0 aromatic heterocycles. The number of nitrogens with zero attached hydrogens (tertiary/aromatic N) is 2. The van der Waals surface area contributed by atoms with Gasteiger partial charge in [-0.25, -0.2) is 12.7 Å². The van der Waals surface area contributed by atoms with Gasteiger partial charge in [0.25, 0.3) is 5.69 Å². The van der Waals surface area contributed by atoms with E-state index in [0.29, 0.717) is 18.4 Å². The number of benzene rings is 1. The average molecular weight is 284 g/mol. The van der Waals surface area contributed by atoms with E-state index in [2.05, 4.69) is 0 Å². The highest BCUT2D eigenvalue weighted by atomic mass is 32.2. The van der Waals surface area contributed by atoms with Crippen LogP contribution in [0.1, 0.15) is 11.1 Å². The predicted octanol–water partition coefficient (Wildman–Crippen LogP) is 1.20. The van der Waals surface area contributed by atoms with E-state index in [1.807, 2.05) is 6.07 Å². The molecule has 0 amide bonds. The maximum Gasteiger partial charge on any atom is 0.272 e. The molecule has 0 unspecified atom stereocenters. The van der Waals surface area contributed by atoms with Gasteiger partial charge in [-0.1, -0.05) is 12.1 Å². The van der Waals surface area contributed by atoms with Crippen molar-refractivity contribution < 1.29 is 13.3 Å². The molecule has 0 saturated heterocycles. The summed E-state index contributed by atoms with van der Waals surface area (Å²) >= 11 is 0. The minimum atomic E-state index is -3.27. The molecular weight excluding hydrogens is 268 g/mol. The van der Waals surface area contributed by atoms with Gasteiger partial charge in [-0.15, -0.1) is 0 Å². The first kappa shape index (κ1) is 14.0. The molecule has 0 aliphatic heterocycles. The van der Waals surface area contributed by atoms with Gasteiger partial charge in [0.05, 0.1) is 10.7 Å². The standard InChI is InChI=1S/C12H16N2O4S/c1-13(2)19(17,18)8-9-6-10-4-3-5-12(14(15)16)11(10)7-9/h3-5,9H,6-8H2,1-2H3/t9-/m0/s1. The Labute approximate surface area is 112 Å². The lowest BCUT2D eigenvalue weighted by Gasteiger charge is -2.14. The molecule has 7 heteroatoms. The van der Waals surface area contributed by atoms with E-state index in [0.717, 1.165) is 5.56 Å². The van der Waals surface area contributed by atoms with Crippen LogP contribution in [0.3, 0.4) is 0 Å². The van der Waals surface area contributed by atoms with Gasteiger partial charge in [0.15, 0.2) is 0 Å². The molecule has 1 atom stereocenters. The number of rotatable bonds is 4. The van der Waals surface area contributed by atoms with Gasteiger partial charge in [0.1, 0.15) is 0 Å². The van der Waals surface area contributed by atoms with Crippen molar-refractivity contribution >= 4 is 15.7 Å². The minimum absolute atomic E-state index is 0.0336. The Morgan fingerprint density at radius 3 is 2.63 bits per heavy atom. The highest BCUT2D eigenvalue weighted by molar-refractivity contribution is 7.89. The Hall–Kier alpha value is -1.47. The molecule has 0 radical (unpaired) electrons. The number of fused-ring (bicyclic) bond motifs is 1. The average Bonchev–Trinajstić information content (AvgIpc) is 2.69. The first-order chi connectivity index (χ1) is 8.81. The molecular formula is C12H16N2O4S. The zero-order valence-corrected chi connectivity index (χ0v) is 11.7. The van der Waals surface area contributed by atoms with Gasteiger partial charge >= 0.3 is 0 Å². The second kappa shape index (κ2) is 4.90. The van der Waals surface area contributed by atoms with Crippen LogP contribution in [0.2, 0.25) is 0 Å². The van der Waals surface area contributed by atoms with Crippen LogP contribution in [0.25, 0.3) is 0 Å². The molecule has 0 saturated carbocycles. The highest BCUT2D eigenvalue weighted by Crippen LogP contribution is 2.34. The normalized spacial score (nSPS) is 18.6. The SMILES string of the molecule is CN(C)S(=O)(=O)C[C@H]1Cc2cccc([N+](=O)[O-])c2C1. The topological polar surface area (TPSA) is 80.5 Å². The summed E-state index contributed by atoms with van der Waals surface area (Å²) in [5.41, 5.74) is 1.68. The number of hydrogen-bond acceptors (Lipinski definition) is 4. The van der Waals surface area contributed by atoms with Crippen molar-refractivity contribution in [3.63, 3.8) is 0 Å². The monoisotopic (exact) mass is 284 g/mol. The van der Waals surface area contributed by atoms with Crippen LogP contribution >= 0.6 is 0 Å². The van der Waals surface area contributed by atoms with Crippen molar-refractivity contribution in [1.29, 1.82) is 0 Å². The Kier molecular flexibility index (Phi) is 3.60. The second-order valence-electron chi connectivity index (χ2n) is 5.01. The highest BCUT2D eigenvalue weighted by Gasteiger charge is 2.31. The van der Waals surface area contributed by atoms with Gasteiger partial charge in [-0.05, 0) is 24.3 Å². The molecule has 1 aliphatic rings. The summed E-state index contributed by atoms with van der Waals surface area (Å²) < 4.78 is 24.9. The Balaban J connectivity index is 2.22. The Morgan fingerprint density at radius 1 is 1.37 bits per heavy atom. The first-order valence-electron chi connectivity index (χ1n) is 5.96. The van der Waals surface area contributed by atoms with E-state index in [1.165, 1.54) is 24.5 Å². The van der Waals surface area contributed by atoms with Crippen LogP contribution in [0.5, 0.6) is 0 Å². The summed E-state index contributed by atoms with van der Waals surface area (Å²) in [5.74, 6) is -0.0465. The second-order valence-corrected chi connectivity index (χ2v) is 7.23. The van der Waals surface area contributed by atoms with Crippen LogP contribution in [0, 0.1) is 16.0 Å². The molecule has 19 heavy (non-hydrogen) atoms. The number of nitro groups is 1. The summed E-state index contributed by atoms with van der Waals surface area (Å²) in [6.07, 6.45) is 1.05. The minimum Gasteiger partial charge on any atom is -0.258 e. The van der Waals surface area contributed by atoms with E-state index in [-0.39, 0.29) is 17.4 Å². The molecule has 2 rings (SSSR count). The molecule has 1 aromatic carbocycles. The fraction of sp³-hybridized carbons (Fsp3) is 0.500. The van der Waals surface area contributed by atoms with Crippen molar-refractivity contribution in [2.75, 3.05) is 19.8 Å². The van der Waals surface area contributed by atoms with Crippen molar-refractivity contribution in [2.24, 2.45) is 5.92 Å². The molecule has 1 aliphatic carbocycles. The Bertz CT molecular complexity index is 610. The molecule has 6 nitrogen and oxygen atoms in total. The number of hydrogen-bond donors (Lipinski definition) is 0. The summed E-state index contributed by atoms with van der Waals surface area (Å²) in [6.45, 7) is 0. The predicted molar refractivity (Wildman–Crippen MR) is 71.5 cm³/mol. The third kappa shape index (κ3) is 2.76. The van der Waals surface area contributed by atoms with Crippen LogP contribution in [-0.4, -0.2) is 37.5 Å². The molecule has 104 valence electrons. The van der Waals surface area contributed by atoms with Crippen LogP contribution in [0.4, 0.5) is 5.69 Å².